The van der Waals surface area contributed by atoms with Crippen LogP contribution in [0.5, 0.6) is 5.75 Å². The van der Waals surface area contributed by atoms with Crippen molar-refractivity contribution in [2.24, 2.45) is 5.10 Å². The molecule has 1 heterocycles. The SMILES string of the molecule is COc1ccc([C@H]2CC(c3ccccc3)=NN2C(=O)CSCc2ccccc2)cc1. The first-order chi connectivity index (χ1) is 14.7. The van der Waals surface area contributed by atoms with Gasteiger partial charge in [0.15, 0.2) is 0 Å². The molecule has 1 amide bonds. The van der Waals surface area contributed by atoms with Crippen LogP contribution in [0.25, 0.3) is 0 Å². The fraction of sp³-hybridized carbons (Fsp3) is 0.200. The largest absolute Gasteiger partial charge is 0.497 e. The van der Waals surface area contributed by atoms with Crippen LogP contribution in [0.2, 0.25) is 0 Å². The van der Waals surface area contributed by atoms with Gasteiger partial charge in [0, 0.05) is 12.2 Å². The van der Waals surface area contributed by atoms with Gasteiger partial charge in [-0.05, 0) is 28.8 Å². The molecule has 4 nitrogen and oxygen atoms in total. The van der Waals surface area contributed by atoms with Gasteiger partial charge in [0.25, 0.3) is 5.91 Å². The van der Waals surface area contributed by atoms with Crippen LogP contribution in [-0.4, -0.2) is 29.5 Å². The predicted octanol–water partition coefficient (Wildman–Crippen LogP) is 5.31. The van der Waals surface area contributed by atoms with E-state index in [1.807, 2.05) is 72.8 Å². The van der Waals surface area contributed by atoms with Gasteiger partial charge in [-0.3, -0.25) is 4.79 Å². The molecule has 0 fully saturated rings. The van der Waals surface area contributed by atoms with Crippen molar-refractivity contribution in [2.75, 3.05) is 12.9 Å². The van der Waals surface area contributed by atoms with Crippen molar-refractivity contribution in [2.45, 2.75) is 18.2 Å². The normalized spacial score (nSPS) is 15.7. The van der Waals surface area contributed by atoms with Crippen LogP contribution < -0.4 is 4.74 Å². The Balaban J connectivity index is 1.51. The lowest BCUT2D eigenvalue weighted by atomic mass is 9.98. The van der Waals surface area contributed by atoms with Gasteiger partial charge in [-0.1, -0.05) is 72.8 Å². The first-order valence-electron chi connectivity index (χ1n) is 9.95. The summed E-state index contributed by atoms with van der Waals surface area (Å²) >= 11 is 1.62. The maximum atomic E-state index is 13.1. The average Bonchev–Trinajstić information content (AvgIpc) is 3.26. The molecule has 1 atom stereocenters. The number of methoxy groups -OCH3 is 1. The third-order valence-corrected chi connectivity index (χ3v) is 6.10. The number of benzene rings is 3. The Morgan fingerprint density at radius 2 is 1.67 bits per heavy atom. The molecule has 0 radical (unpaired) electrons. The molecule has 0 aliphatic carbocycles. The standard InChI is InChI=1S/C25H24N2O2S/c1-29-22-14-12-21(13-15-22)24-16-23(20-10-6-3-7-11-20)26-27(24)25(28)18-30-17-19-8-4-2-5-9-19/h2-15,24H,16-18H2,1H3/t24-/m1/s1. The molecule has 30 heavy (non-hydrogen) atoms. The molecule has 0 aromatic heterocycles. The summed E-state index contributed by atoms with van der Waals surface area (Å²) < 4.78 is 5.28. The number of hydrogen-bond acceptors (Lipinski definition) is 4. The number of hydrogen-bond donors (Lipinski definition) is 0. The quantitative estimate of drug-likeness (QED) is 0.524. The summed E-state index contributed by atoms with van der Waals surface area (Å²) in [6.45, 7) is 0. The summed E-state index contributed by atoms with van der Waals surface area (Å²) in [7, 11) is 1.65. The number of nitrogens with zero attached hydrogens (tertiary/aromatic N) is 2. The van der Waals surface area contributed by atoms with Crippen molar-refractivity contribution in [1.82, 2.24) is 5.01 Å². The fourth-order valence-electron chi connectivity index (χ4n) is 3.53. The van der Waals surface area contributed by atoms with Gasteiger partial charge >= 0.3 is 0 Å². The van der Waals surface area contributed by atoms with E-state index in [0.717, 1.165) is 28.3 Å². The number of thioether (sulfide) groups is 1. The Morgan fingerprint density at radius 1 is 1.00 bits per heavy atom. The van der Waals surface area contributed by atoms with E-state index in [9.17, 15) is 4.79 Å². The highest BCUT2D eigenvalue weighted by molar-refractivity contribution is 7.99. The molecule has 152 valence electrons. The zero-order chi connectivity index (χ0) is 20.8. The number of hydrazone groups is 1. The first-order valence-corrected chi connectivity index (χ1v) is 11.1. The molecule has 0 saturated heterocycles. The van der Waals surface area contributed by atoms with Crippen molar-refractivity contribution in [3.8, 4) is 5.75 Å². The van der Waals surface area contributed by atoms with E-state index in [0.29, 0.717) is 12.2 Å². The second-order valence-corrected chi connectivity index (χ2v) is 8.11. The Labute approximate surface area is 181 Å². The van der Waals surface area contributed by atoms with Crippen LogP contribution in [0.4, 0.5) is 0 Å². The molecule has 3 aromatic carbocycles. The summed E-state index contributed by atoms with van der Waals surface area (Å²) in [4.78, 5) is 13.1. The lowest BCUT2D eigenvalue weighted by Gasteiger charge is -2.22. The van der Waals surface area contributed by atoms with E-state index in [2.05, 4.69) is 12.1 Å². The summed E-state index contributed by atoms with van der Waals surface area (Å²) in [6, 6.07) is 28.1. The van der Waals surface area contributed by atoms with Crippen LogP contribution in [0, 0.1) is 0 Å². The summed E-state index contributed by atoms with van der Waals surface area (Å²) in [5.41, 5.74) is 4.28. The van der Waals surface area contributed by atoms with E-state index < -0.39 is 0 Å². The van der Waals surface area contributed by atoms with Gasteiger partial charge in [-0.25, -0.2) is 5.01 Å². The van der Waals surface area contributed by atoms with Gasteiger partial charge in [0.05, 0.1) is 24.6 Å². The number of amides is 1. The third kappa shape index (κ3) is 4.74. The highest BCUT2D eigenvalue weighted by Gasteiger charge is 2.32. The fourth-order valence-corrected chi connectivity index (χ4v) is 4.36. The van der Waals surface area contributed by atoms with Crippen molar-refractivity contribution < 1.29 is 9.53 Å². The number of carbonyl (C=O) groups excluding carboxylic acids is 1. The topological polar surface area (TPSA) is 41.9 Å². The van der Waals surface area contributed by atoms with Crippen LogP contribution in [0.15, 0.2) is 90.0 Å². The Kier molecular flexibility index (Phi) is 6.50. The van der Waals surface area contributed by atoms with Gasteiger partial charge in [-0.2, -0.15) is 5.10 Å². The van der Waals surface area contributed by atoms with E-state index in [1.165, 1.54) is 5.56 Å². The molecule has 0 N–H and O–H groups in total. The molecule has 3 aromatic rings. The third-order valence-electron chi connectivity index (χ3n) is 5.11. The monoisotopic (exact) mass is 416 g/mol. The van der Waals surface area contributed by atoms with Crippen LogP contribution in [-0.2, 0) is 10.5 Å². The molecular formula is C25H24N2O2S. The van der Waals surface area contributed by atoms with Crippen LogP contribution in [0.3, 0.4) is 0 Å². The molecule has 0 bridgehead atoms. The molecule has 1 aliphatic heterocycles. The maximum Gasteiger partial charge on any atom is 0.253 e. The first kappa shape index (κ1) is 20.2. The van der Waals surface area contributed by atoms with Crippen molar-refractivity contribution in [1.29, 1.82) is 0 Å². The molecule has 0 unspecified atom stereocenters. The lowest BCUT2D eigenvalue weighted by molar-refractivity contribution is -0.130. The molecular weight excluding hydrogens is 392 g/mol. The van der Waals surface area contributed by atoms with Crippen molar-refractivity contribution in [3.63, 3.8) is 0 Å². The van der Waals surface area contributed by atoms with Gasteiger partial charge in [0.1, 0.15) is 5.75 Å². The Bertz CT molecular complexity index is 1000. The molecule has 1 aliphatic rings. The second-order valence-electron chi connectivity index (χ2n) is 7.12. The van der Waals surface area contributed by atoms with Crippen LogP contribution >= 0.6 is 11.8 Å². The smallest absolute Gasteiger partial charge is 0.253 e. The van der Waals surface area contributed by atoms with E-state index >= 15 is 0 Å². The minimum Gasteiger partial charge on any atom is -0.497 e. The number of carbonyl (C=O) groups is 1. The van der Waals surface area contributed by atoms with Crippen molar-refractivity contribution >= 4 is 23.4 Å². The van der Waals surface area contributed by atoms with Crippen molar-refractivity contribution in [3.05, 3.63) is 102 Å². The predicted molar refractivity (Wildman–Crippen MR) is 123 cm³/mol. The zero-order valence-corrected chi connectivity index (χ0v) is 17.7. The molecule has 0 spiro atoms. The second kappa shape index (κ2) is 9.63. The molecule has 0 saturated carbocycles. The molecule has 5 heteroatoms. The van der Waals surface area contributed by atoms with Crippen LogP contribution in [0.1, 0.15) is 29.2 Å². The molecule has 4 rings (SSSR count). The summed E-state index contributed by atoms with van der Waals surface area (Å²) in [6.07, 6.45) is 0.700. The van der Waals surface area contributed by atoms with E-state index in [4.69, 9.17) is 9.84 Å². The van der Waals surface area contributed by atoms with E-state index in [1.54, 1.807) is 23.9 Å². The van der Waals surface area contributed by atoms with Gasteiger partial charge in [-0.15, -0.1) is 11.8 Å². The zero-order valence-electron chi connectivity index (χ0n) is 16.9. The average molecular weight is 417 g/mol. The highest BCUT2D eigenvalue weighted by Crippen LogP contribution is 2.34. The van der Waals surface area contributed by atoms with E-state index in [-0.39, 0.29) is 11.9 Å². The summed E-state index contributed by atoms with van der Waals surface area (Å²) in [5.74, 6) is 2.04. The minimum absolute atomic E-state index is 0.0303. The maximum absolute atomic E-state index is 13.1. The Morgan fingerprint density at radius 3 is 2.33 bits per heavy atom. The summed E-state index contributed by atoms with van der Waals surface area (Å²) in [5, 5.41) is 6.41. The Hall–Kier alpha value is -3.05. The minimum atomic E-state index is -0.101. The highest BCUT2D eigenvalue weighted by atomic mass is 32.2. The lowest BCUT2D eigenvalue weighted by Crippen LogP contribution is -2.28. The number of rotatable bonds is 7. The van der Waals surface area contributed by atoms with Gasteiger partial charge in [0.2, 0.25) is 0 Å². The number of ether oxygens (including phenoxy) is 1. The van der Waals surface area contributed by atoms with Gasteiger partial charge < -0.3 is 4.74 Å².